The summed E-state index contributed by atoms with van der Waals surface area (Å²) in [6.07, 6.45) is 0.120. The van der Waals surface area contributed by atoms with Gasteiger partial charge in [-0.3, -0.25) is 4.79 Å². The highest BCUT2D eigenvalue weighted by atomic mass is 32.2. The van der Waals surface area contributed by atoms with Crippen LogP contribution in [0.5, 0.6) is 5.75 Å². The normalized spacial score (nSPS) is 17.4. The predicted molar refractivity (Wildman–Crippen MR) is 105 cm³/mol. The minimum atomic E-state index is -0.914. The maximum atomic E-state index is 12.9. The summed E-state index contributed by atoms with van der Waals surface area (Å²) in [5.41, 5.74) is 0.993. The highest BCUT2D eigenvalue weighted by molar-refractivity contribution is 7.99. The lowest BCUT2D eigenvalue weighted by molar-refractivity contribution is -0.144. The largest absolute Gasteiger partial charge is 0.497 e. The van der Waals surface area contributed by atoms with Crippen molar-refractivity contribution in [2.45, 2.75) is 24.9 Å². The molecule has 0 radical (unpaired) electrons. The molecule has 1 aromatic rings. The number of nitrogens with one attached hydrogen (secondary N) is 1. The predicted octanol–water partition coefficient (Wildman–Crippen LogP) is 1.99. The lowest BCUT2D eigenvalue weighted by atomic mass is 10.1. The number of esters is 2. The van der Waals surface area contributed by atoms with E-state index in [0.717, 1.165) is 22.8 Å². The summed E-state index contributed by atoms with van der Waals surface area (Å²) >= 11 is 1.77. The zero-order valence-corrected chi connectivity index (χ0v) is 17.1. The zero-order chi connectivity index (χ0) is 20.5. The molecule has 8 nitrogen and oxygen atoms in total. The third-order valence-electron chi connectivity index (χ3n) is 4.54. The van der Waals surface area contributed by atoms with Gasteiger partial charge in [0, 0.05) is 24.5 Å². The van der Waals surface area contributed by atoms with Gasteiger partial charge in [-0.2, -0.15) is 11.8 Å². The van der Waals surface area contributed by atoms with Gasteiger partial charge in [0.15, 0.2) is 0 Å². The third kappa shape index (κ3) is 5.79. The molecule has 0 saturated carbocycles. The number of methoxy groups -OCH3 is 3. The fourth-order valence-corrected chi connectivity index (χ4v) is 4.02. The van der Waals surface area contributed by atoms with Crippen molar-refractivity contribution in [1.29, 1.82) is 0 Å². The molecular weight excluding hydrogens is 384 g/mol. The van der Waals surface area contributed by atoms with Crippen LogP contribution in [0.2, 0.25) is 0 Å². The summed E-state index contributed by atoms with van der Waals surface area (Å²) < 4.78 is 14.6. The minimum absolute atomic E-state index is 0.00824. The van der Waals surface area contributed by atoms with Crippen LogP contribution >= 0.6 is 11.8 Å². The Morgan fingerprint density at radius 2 is 1.89 bits per heavy atom. The van der Waals surface area contributed by atoms with Crippen molar-refractivity contribution in [3.8, 4) is 5.75 Å². The average Bonchev–Trinajstić information content (AvgIpc) is 2.75. The number of amides is 2. The number of hydrogen-bond acceptors (Lipinski definition) is 7. The number of nitrogens with zero attached hydrogens (tertiary/aromatic N) is 1. The molecule has 28 heavy (non-hydrogen) atoms. The van der Waals surface area contributed by atoms with Crippen LogP contribution in [0.25, 0.3) is 0 Å². The van der Waals surface area contributed by atoms with Crippen LogP contribution in [-0.4, -0.2) is 68.3 Å². The van der Waals surface area contributed by atoms with Crippen LogP contribution < -0.4 is 10.1 Å². The van der Waals surface area contributed by atoms with Crippen molar-refractivity contribution in [1.82, 2.24) is 10.2 Å². The van der Waals surface area contributed by atoms with E-state index in [1.807, 2.05) is 24.3 Å². The molecule has 154 valence electrons. The van der Waals surface area contributed by atoms with Crippen molar-refractivity contribution in [3.05, 3.63) is 29.8 Å². The van der Waals surface area contributed by atoms with E-state index in [2.05, 4.69) is 10.1 Å². The second kappa shape index (κ2) is 10.8. The smallest absolute Gasteiger partial charge is 0.328 e. The van der Waals surface area contributed by atoms with E-state index in [-0.39, 0.29) is 24.9 Å². The van der Waals surface area contributed by atoms with Crippen LogP contribution in [0.15, 0.2) is 24.3 Å². The number of hydrogen-bond donors (Lipinski definition) is 1. The van der Waals surface area contributed by atoms with Crippen molar-refractivity contribution in [2.75, 3.05) is 39.4 Å². The van der Waals surface area contributed by atoms with Gasteiger partial charge in [0.25, 0.3) is 0 Å². The number of thioether (sulfide) groups is 1. The molecule has 2 amide bonds. The molecule has 0 aliphatic carbocycles. The monoisotopic (exact) mass is 410 g/mol. The molecule has 1 heterocycles. The summed E-state index contributed by atoms with van der Waals surface area (Å²) in [7, 11) is 4.13. The maximum Gasteiger partial charge on any atom is 0.328 e. The van der Waals surface area contributed by atoms with Crippen LogP contribution in [0, 0.1) is 0 Å². The molecule has 1 fully saturated rings. The Bertz CT molecular complexity index is 682. The van der Waals surface area contributed by atoms with Gasteiger partial charge in [0.05, 0.1) is 27.4 Å². The Morgan fingerprint density at radius 3 is 2.50 bits per heavy atom. The zero-order valence-electron chi connectivity index (χ0n) is 16.3. The van der Waals surface area contributed by atoms with E-state index in [1.165, 1.54) is 14.2 Å². The van der Waals surface area contributed by atoms with Crippen molar-refractivity contribution < 1.29 is 28.6 Å². The maximum absolute atomic E-state index is 12.9. The van der Waals surface area contributed by atoms with E-state index >= 15 is 0 Å². The molecule has 2 atom stereocenters. The number of benzene rings is 1. The molecular formula is C19H26N2O6S. The van der Waals surface area contributed by atoms with Crippen molar-refractivity contribution in [2.24, 2.45) is 0 Å². The van der Waals surface area contributed by atoms with Gasteiger partial charge in [-0.15, -0.1) is 0 Å². The Hall–Kier alpha value is -2.42. The van der Waals surface area contributed by atoms with Gasteiger partial charge in [-0.25, -0.2) is 9.59 Å². The van der Waals surface area contributed by atoms with Gasteiger partial charge in [0.2, 0.25) is 0 Å². The van der Waals surface area contributed by atoms with E-state index in [0.29, 0.717) is 6.54 Å². The van der Waals surface area contributed by atoms with E-state index in [4.69, 9.17) is 9.47 Å². The number of rotatable bonds is 7. The van der Waals surface area contributed by atoms with Crippen LogP contribution in [-0.2, 0) is 19.1 Å². The quantitative estimate of drug-likeness (QED) is 0.687. The average molecular weight is 410 g/mol. The number of carbonyl (C=O) groups excluding carboxylic acids is 3. The van der Waals surface area contributed by atoms with E-state index < -0.39 is 18.0 Å². The minimum Gasteiger partial charge on any atom is -0.497 e. The number of urea groups is 1. The molecule has 0 bridgehead atoms. The summed E-state index contributed by atoms with van der Waals surface area (Å²) in [5.74, 6) is 1.27. The Balaban J connectivity index is 2.10. The summed E-state index contributed by atoms with van der Waals surface area (Å²) in [6.45, 7) is 0.554. The standard InChI is InChI=1S/C19H26N2O6S/c1-25-14-6-4-13(5-7-14)16-12-28-11-10-21(16)19(24)20-15(18(23)27-3)8-9-17(22)26-2/h4-7,15-16H,8-12H2,1-3H3,(H,20,24)/t15-,16?/m0/s1. The molecule has 1 aliphatic rings. The highest BCUT2D eigenvalue weighted by Crippen LogP contribution is 2.30. The fraction of sp³-hybridized carbons (Fsp3) is 0.526. The first kappa shape index (κ1) is 21.9. The van der Waals surface area contributed by atoms with Crippen LogP contribution in [0.1, 0.15) is 24.4 Å². The molecule has 1 saturated heterocycles. The number of carbonyl (C=O) groups is 3. The van der Waals surface area contributed by atoms with Gasteiger partial charge < -0.3 is 24.4 Å². The molecule has 1 aromatic carbocycles. The molecule has 1 N–H and O–H groups in total. The fourth-order valence-electron chi connectivity index (χ4n) is 2.94. The van der Waals surface area contributed by atoms with E-state index in [1.54, 1.807) is 23.8 Å². The first-order chi connectivity index (χ1) is 13.5. The van der Waals surface area contributed by atoms with Gasteiger partial charge in [-0.05, 0) is 24.1 Å². The molecule has 0 aromatic heterocycles. The molecule has 0 spiro atoms. The van der Waals surface area contributed by atoms with Crippen molar-refractivity contribution in [3.63, 3.8) is 0 Å². The Kier molecular flexibility index (Phi) is 8.43. The Labute approximate surface area is 168 Å². The first-order valence-corrected chi connectivity index (χ1v) is 10.1. The molecule has 1 aliphatic heterocycles. The third-order valence-corrected chi connectivity index (χ3v) is 5.56. The summed E-state index contributed by atoms with van der Waals surface area (Å²) in [6, 6.07) is 6.19. The second-order valence-electron chi connectivity index (χ2n) is 6.20. The van der Waals surface area contributed by atoms with E-state index in [9.17, 15) is 14.4 Å². The van der Waals surface area contributed by atoms with Crippen LogP contribution in [0.3, 0.4) is 0 Å². The molecule has 9 heteroatoms. The topological polar surface area (TPSA) is 94.2 Å². The van der Waals surface area contributed by atoms with Crippen molar-refractivity contribution >= 4 is 29.7 Å². The Morgan fingerprint density at radius 1 is 1.18 bits per heavy atom. The number of ether oxygens (including phenoxy) is 3. The molecule has 2 rings (SSSR count). The molecule has 1 unspecified atom stereocenters. The van der Waals surface area contributed by atoms with Gasteiger partial charge >= 0.3 is 18.0 Å². The second-order valence-corrected chi connectivity index (χ2v) is 7.35. The first-order valence-electron chi connectivity index (χ1n) is 8.93. The SMILES string of the molecule is COC(=O)CC[C@H](NC(=O)N1CCSCC1c1ccc(OC)cc1)C(=O)OC. The summed E-state index contributed by atoms with van der Waals surface area (Å²) in [5, 5.41) is 2.71. The lowest BCUT2D eigenvalue weighted by Crippen LogP contribution is -2.51. The van der Waals surface area contributed by atoms with Gasteiger partial charge in [0.1, 0.15) is 11.8 Å². The lowest BCUT2D eigenvalue weighted by Gasteiger charge is -2.36. The summed E-state index contributed by atoms with van der Waals surface area (Å²) in [4.78, 5) is 38.0. The highest BCUT2D eigenvalue weighted by Gasteiger charge is 2.31. The van der Waals surface area contributed by atoms with Gasteiger partial charge in [-0.1, -0.05) is 12.1 Å². The van der Waals surface area contributed by atoms with Crippen LogP contribution in [0.4, 0.5) is 4.79 Å².